The monoisotopic (exact) mass is 710 g/mol. The Morgan fingerprint density at radius 1 is 0.959 bits per heavy atom. The number of nitrogens with zero attached hydrogens (tertiary/aromatic N) is 1. The molecule has 4 atom stereocenters. The van der Waals surface area contributed by atoms with Crippen molar-refractivity contribution >= 4 is 39.3 Å². The smallest absolute Gasteiger partial charge is 0.407 e. The Morgan fingerprint density at radius 2 is 1.67 bits per heavy atom. The largest absolute Gasteiger partial charge is 0.453 e. The molecular formula is C36H37ClF2N4O5S. The molecule has 4 aromatic rings. The van der Waals surface area contributed by atoms with E-state index in [4.69, 9.17) is 16.3 Å². The predicted molar refractivity (Wildman–Crippen MR) is 184 cm³/mol. The van der Waals surface area contributed by atoms with Gasteiger partial charge in [0.1, 0.15) is 17.7 Å². The number of anilines is 1. The molecule has 1 saturated heterocycles. The first kappa shape index (κ1) is 35.9. The van der Waals surface area contributed by atoms with Crippen LogP contribution in [0.25, 0.3) is 0 Å². The second-order valence-corrected chi connectivity index (χ2v) is 14.1. The van der Waals surface area contributed by atoms with Crippen LogP contribution in [-0.4, -0.2) is 63.0 Å². The normalized spacial score (nSPS) is 17.9. The molecule has 3 N–H and O–H groups in total. The molecule has 0 radical (unpaired) electrons. The third kappa shape index (κ3) is 8.45. The molecule has 0 bridgehead atoms. The summed E-state index contributed by atoms with van der Waals surface area (Å²) in [7, 11) is -2.71. The van der Waals surface area contributed by atoms with Crippen molar-refractivity contribution in [3.63, 3.8) is 0 Å². The fourth-order valence-electron chi connectivity index (χ4n) is 6.26. The van der Waals surface area contributed by atoms with Crippen LogP contribution in [0, 0.1) is 11.6 Å². The third-order valence-electron chi connectivity index (χ3n) is 8.55. The molecule has 1 aliphatic heterocycles. The maximum absolute atomic E-state index is 15.5. The average molecular weight is 711 g/mol. The van der Waals surface area contributed by atoms with Gasteiger partial charge in [0.2, 0.25) is 15.9 Å². The van der Waals surface area contributed by atoms with Gasteiger partial charge < -0.3 is 20.7 Å². The summed E-state index contributed by atoms with van der Waals surface area (Å²) in [5.41, 5.74) is 1.24. The lowest BCUT2D eigenvalue weighted by Crippen LogP contribution is -2.58. The molecule has 4 aromatic carbocycles. The number of benzene rings is 4. The van der Waals surface area contributed by atoms with Crippen LogP contribution in [0.5, 0.6) is 0 Å². The number of sulfonamides is 1. The summed E-state index contributed by atoms with van der Waals surface area (Å²) in [6, 6.07) is 22.4. The van der Waals surface area contributed by atoms with Gasteiger partial charge in [-0.1, -0.05) is 60.1 Å². The summed E-state index contributed by atoms with van der Waals surface area (Å²) in [5.74, 6) is -2.77. The van der Waals surface area contributed by atoms with E-state index in [0.717, 1.165) is 7.11 Å². The number of rotatable bonds is 11. The third-order valence-corrected chi connectivity index (χ3v) is 10.9. The summed E-state index contributed by atoms with van der Waals surface area (Å²) in [6.07, 6.45) is -0.580. The van der Waals surface area contributed by atoms with E-state index in [2.05, 4.69) is 16.0 Å². The van der Waals surface area contributed by atoms with Crippen molar-refractivity contribution in [2.75, 3.05) is 25.5 Å². The second-order valence-electron chi connectivity index (χ2n) is 11.8. The van der Waals surface area contributed by atoms with E-state index in [9.17, 15) is 22.4 Å². The summed E-state index contributed by atoms with van der Waals surface area (Å²) in [5, 5.41) is 9.05. The van der Waals surface area contributed by atoms with Gasteiger partial charge in [-0.3, -0.25) is 4.79 Å². The maximum Gasteiger partial charge on any atom is 0.407 e. The lowest BCUT2D eigenvalue weighted by Gasteiger charge is -2.40. The summed E-state index contributed by atoms with van der Waals surface area (Å²) in [4.78, 5) is 26.9. The van der Waals surface area contributed by atoms with Crippen LogP contribution in [0.15, 0.2) is 102 Å². The van der Waals surface area contributed by atoms with Gasteiger partial charge in [-0.05, 0) is 79.4 Å². The lowest BCUT2D eigenvalue weighted by atomic mass is 9.84. The van der Waals surface area contributed by atoms with Gasteiger partial charge in [0.05, 0.1) is 12.0 Å². The molecule has 0 aliphatic carbocycles. The Kier molecular flexibility index (Phi) is 11.7. The Morgan fingerprint density at radius 3 is 2.37 bits per heavy atom. The number of halogens is 3. The van der Waals surface area contributed by atoms with Crippen LogP contribution in [0.2, 0.25) is 5.02 Å². The molecule has 0 aromatic heterocycles. The quantitative estimate of drug-likeness (QED) is 0.173. The first-order valence-electron chi connectivity index (χ1n) is 15.7. The van der Waals surface area contributed by atoms with Crippen molar-refractivity contribution < 1.29 is 31.5 Å². The van der Waals surface area contributed by atoms with Crippen molar-refractivity contribution in [3.05, 3.63) is 130 Å². The molecule has 49 heavy (non-hydrogen) atoms. The summed E-state index contributed by atoms with van der Waals surface area (Å²) < 4.78 is 63.7. The van der Waals surface area contributed by atoms with Crippen molar-refractivity contribution in [3.8, 4) is 0 Å². The van der Waals surface area contributed by atoms with Crippen molar-refractivity contribution in [1.82, 2.24) is 14.9 Å². The highest BCUT2D eigenvalue weighted by Crippen LogP contribution is 2.32. The Hall–Kier alpha value is -4.36. The molecule has 5 rings (SSSR count). The number of alkyl carbamates (subject to hydrolysis) is 1. The van der Waals surface area contributed by atoms with Crippen LogP contribution in [0.1, 0.15) is 36.0 Å². The predicted octanol–water partition coefficient (Wildman–Crippen LogP) is 6.10. The van der Waals surface area contributed by atoms with Crippen LogP contribution >= 0.6 is 11.6 Å². The number of hydrogen-bond acceptors (Lipinski definition) is 6. The van der Waals surface area contributed by atoms with Crippen LogP contribution in [0.3, 0.4) is 0 Å². The van der Waals surface area contributed by atoms with Gasteiger partial charge in [0.15, 0.2) is 0 Å². The van der Waals surface area contributed by atoms with Crippen molar-refractivity contribution in [2.45, 2.75) is 48.7 Å². The van der Waals surface area contributed by atoms with Gasteiger partial charge in [-0.15, -0.1) is 0 Å². The first-order valence-corrected chi connectivity index (χ1v) is 17.5. The van der Waals surface area contributed by atoms with E-state index >= 15 is 4.39 Å². The van der Waals surface area contributed by atoms with Gasteiger partial charge in [0, 0.05) is 47.4 Å². The minimum absolute atomic E-state index is 0.0851. The van der Waals surface area contributed by atoms with Crippen LogP contribution < -0.4 is 16.0 Å². The number of hydrogen-bond donors (Lipinski definition) is 3. The highest BCUT2D eigenvalue weighted by molar-refractivity contribution is 7.89. The molecule has 0 spiro atoms. The van der Waals surface area contributed by atoms with E-state index < -0.39 is 51.7 Å². The molecule has 1 fully saturated rings. The standard InChI is InChI=1S/C36H37ClF2N4O5S/c1-23-21-40-22-28(43(23)49(46,47)29-10-4-3-5-11-29)18-19-30-31(39)12-7-13-32(30)41-35(44)34(42-36(45)48-2)33(24-14-16-26(37)17-15-24)25-8-6-9-27(38)20-25/h3-17,20,23,28,33-34,40H,18-19,21-22H2,1-2H3,(H,41,44)(H,42,45)/t23-,28+,33+,34+/m1/s1. The molecule has 1 aliphatic rings. The number of carbonyl (C=O) groups is 2. The molecule has 9 nitrogen and oxygen atoms in total. The zero-order chi connectivity index (χ0) is 35.1. The zero-order valence-corrected chi connectivity index (χ0v) is 28.5. The minimum atomic E-state index is -3.85. The van der Waals surface area contributed by atoms with Gasteiger partial charge in [-0.2, -0.15) is 4.31 Å². The van der Waals surface area contributed by atoms with Gasteiger partial charge >= 0.3 is 6.09 Å². The number of piperazine rings is 1. The second kappa shape index (κ2) is 15.9. The molecule has 1 heterocycles. The van der Waals surface area contributed by atoms with Crippen molar-refractivity contribution in [2.24, 2.45) is 0 Å². The highest BCUT2D eigenvalue weighted by Gasteiger charge is 2.38. The molecule has 0 unspecified atom stereocenters. The van der Waals surface area contributed by atoms with E-state index in [-0.39, 0.29) is 35.0 Å². The van der Waals surface area contributed by atoms with Gasteiger partial charge in [-0.25, -0.2) is 22.0 Å². The zero-order valence-electron chi connectivity index (χ0n) is 26.9. The molecule has 2 amide bonds. The average Bonchev–Trinajstić information content (AvgIpc) is 3.08. The van der Waals surface area contributed by atoms with E-state index in [1.165, 1.54) is 40.7 Å². The molecule has 13 heteroatoms. The fraction of sp³-hybridized carbons (Fsp3) is 0.278. The summed E-state index contributed by atoms with van der Waals surface area (Å²) >= 11 is 6.13. The maximum atomic E-state index is 15.5. The SMILES string of the molecule is COC(=O)N[C@H](C(=O)Nc1cccc(F)c1CC[C@H]1CNC[C@@H](C)N1S(=O)(=O)c1ccccc1)[C@@H](c1ccc(Cl)cc1)c1cccc(F)c1. The number of ether oxygens (including phenoxy) is 1. The summed E-state index contributed by atoms with van der Waals surface area (Å²) in [6.45, 7) is 2.63. The molecule has 258 valence electrons. The number of nitrogens with one attached hydrogen (secondary N) is 3. The van der Waals surface area contributed by atoms with E-state index in [0.29, 0.717) is 29.2 Å². The number of carbonyl (C=O) groups excluding carboxylic acids is 2. The van der Waals surface area contributed by atoms with E-state index in [1.807, 2.05) is 6.92 Å². The molecule has 0 saturated carbocycles. The van der Waals surface area contributed by atoms with E-state index in [1.54, 1.807) is 60.7 Å². The molecular weight excluding hydrogens is 674 g/mol. The Labute approximate surface area is 289 Å². The minimum Gasteiger partial charge on any atom is -0.453 e. The Bertz CT molecular complexity index is 1880. The van der Waals surface area contributed by atoms with Crippen LogP contribution in [0.4, 0.5) is 19.3 Å². The highest BCUT2D eigenvalue weighted by atomic mass is 35.5. The van der Waals surface area contributed by atoms with Crippen LogP contribution in [-0.2, 0) is 26.0 Å². The number of amides is 2. The first-order chi connectivity index (χ1) is 23.5. The fourth-order valence-corrected chi connectivity index (χ4v) is 8.25. The Balaban J connectivity index is 1.45. The lowest BCUT2D eigenvalue weighted by molar-refractivity contribution is -0.118. The van der Waals surface area contributed by atoms with Crippen molar-refractivity contribution in [1.29, 1.82) is 0 Å². The number of methoxy groups -OCH3 is 1. The topological polar surface area (TPSA) is 117 Å². The van der Waals surface area contributed by atoms with Gasteiger partial charge in [0.25, 0.3) is 0 Å².